The van der Waals surface area contributed by atoms with E-state index in [0.29, 0.717) is 118 Å². The normalized spacial score (nSPS) is 15.6. The summed E-state index contributed by atoms with van der Waals surface area (Å²) in [6.07, 6.45) is 57.2. The second-order valence-corrected chi connectivity index (χ2v) is 28.0. The number of halogens is 3. The van der Waals surface area contributed by atoms with Gasteiger partial charge in [0.1, 0.15) is 65.4 Å². The summed E-state index contributed by atoms with van der Waals surface area (Å²) in [6.45, 7) is 13.6. The van der Waals surface area contributed by atoms with E-state index in [-0.39, 0.29) is 59.3 Å². The zero-order valence-electron chi connectivity index (χ0n) is 66.2. The Kier molecular flexibility index (Phi) is 63.2. The highest BCUT2D eigenvalue weighted by Crippen LogP contribution is 2.43. The number of hydrogen-bond acceptors (Lipinski definition) is 15. The number of ketones is 5. The van der Waals surface area contributed by atoms with Crippen molar-refractivity contribution in [3.05, 3.63) is 197 Å². The molecule has 0 saturated heterocycles. The third kappa shape index (κ3) is 68.8. The van der Waals surface area contributed by atoms with Gasteiger partial charge >= 0.3 is 0 Å². The average Bonchev–Trinajstić information content (AvgIpc) is 1.65. The Labute approximate surface area is 677 Å². The summed E-state index contributed by atoms with van der Waals surface area (Å²) < 4.78 is 18.1. The summed E-state index contributed by atoms with van der Waals surface area (Å²) >= 11 is 11.8. The van der Waals surface area contributed by atoms with E-state index >= 15 is 0 Å². The number of aliphatic hydroxyl groups is 9. The largest absolute Gasteiger partial charge is 0.491 e. The number of carbonyl (C=O) groups is 5. The van der Waals surface area contributed by atoms with Crippen LogP contribution in [0.5, 0.6) is 5.75 Å². The standard InChI is InChI=1S/C22H22Cl2O3.C22H27FO4.2C17H24O3.C16H20O2/c1-17(25)8-6-12-19(26)10-4-2-3-5-11-20(27)13-7-9-18-14-15-21(23)22(24)16-18;1-17(24)14-22(2,3)15-19(25)8-6-4-5-7-9-20(26)16-27-21-12-10-18(23)11-13-21;1-3-7-15(19)10-5-4-9-14-12-16(14)17(20)11-6-8-13(2)18;1-4-8-16(19)11-6-5-9-14(2)13-17(20)12-7-10-15(3)18;1-3-12-16(18)14-11-9-7-5-4-6-8-10-13-15(2)17/h2-3,5,11,14-16,19-20,26-27H,6,8,12-13H2,1H3;4-5,7,9-13,19-20,25-26H,14-16H2,1-3H3;1,4-5,9-10,14-17,19-20H,6-8,11-12H2,2H3;1,5-6,9,11,13,16-17,19-20H,7-8,10,12H2,2-3H3;1,7,9,11,14,16,18H,6,8,10,12-13H2,2H3/b3-2+,11-5+;5-4+,9-7+;9-4+,10-5+;9-5+,11-6+,14-13-;9-7+,14-11+/t2*19-,20+;14-,15-,16+,17+;16-,17?;16-/m11111/s1. The van der Waals surface area contributed by atoms with Gasteiger partial charge in [-0.15, -0.1) is 37.0 Å². The monoisotopic (exact) mass is 1570 g/mol. The Morgan fingerprint density at radius 3 is 1.52 bits per heavy atom. The van der Waals surface area contributed by atoms with Gasteiger partial charge in [0, 0.05) is 69.8 Å². The highest BCUT2D eigenvalue weighted by Gasteiger charge is 2.40. The molecule has 0 spiro atoms. The highest BCUT2D eigenvalue weighted by atomic mass is 35.5. The molecule has 2 aromatic rings. The number of unbranched alkanes of at least 4 members (excludes halogenated alkanes) is 2. The number of ether oxygens (including phenoxy) is 1. The summed E-state index contributed by atoms with van der Waals surface area (Å²) in [5.41, 5.74) is 1.37. The molecule has 11 atom stereocenters. The van der Waals surface area contributed by atoms with Crippen molar-refractivity contribution in [2.45, 2.75) is 239 Å². The van der Waals surface area contributed by atoms with Crippen molar-refractivity contribution in [2.24, 2.45) is 17.3 Å². The van der Waals surface area contributed by atoms with Crippen molar-refractivity contribution in [3.63, 3.8) is 0 Å². The van der Waals surface area contributed by atoms with Crippen LogP contribution >= 0.6 is 23.2 Å². The molecular formula is C94H117Cl2FO15. The predicted octanol–water partition coefficient (Wildman–Crippen LogP) is 15.2. The molecule has 1 saturated carbocycles. The number of aliphatic hydroxyl groups excluding tert-OH is 9. The predicted molar refractivity (Wildman–Crippen MR) is 451 cm³/mol. The molecule has 1 aliphatic rings. The van der Waals surface area contributed by atoms with E-state index in [1.165, 1.54) is 44.2 Å². The molecule has 1 fully saturated rings. The van der Waals surface area contributed by atoms with Gasteiger partial charge in [-0.05, 0) is 184 Å². The van der Waals surface area contributed by atoms with Crippen molar-refractivity contribution < 1.29 is 79.1 Å². The third-order valence-electron chi connectivity index (χ3n) is 15.2. The topological polar surface area (TPSA) is 277 Å². The van der Waals surface area contributed by atoms with E-state index in [4.69, 9.17) is 47.2 Å². The van der Waals surface area contributed by atoms with Crippen molar-refractivity contribution in [1.29, 1.82) is 0 Å². The smallest absolute Gasteiger partial charge is 0.130 e. The minimum absolute atomic E-state index is 0.0472. The van der Waals surface area contributed by atoms with Crippen molar-refractivity contribution in [2.75, 3.05) is 6.61 Å². The van der Waals surface area contributed by atoms with Gasteiger partial charge in [-0.25, -0.2) is 4.39 Å². The van der Waals surface area contributed by atoms with Crippen molar-refractivity contribution in [3.8, 4) is 90.1 Å². The van der Waals surface area contributed by atoms with E-state index in [1.54, 1.807) is 142 Å². The van der Waals surface area contributed by atoms with Gasteiger partial charge in [-0.2, -0.15) is 0 Å². The van der Waals surface area contributed by atoms with Crippen molar-refractivity contribution >= 4 is 52.1 Å². The van der Waals surface area contributed by atoms with Crippen LogP contribution in [0.25, 0.3) is 0 Å². The van der Waals surface area contributed by atoms with E-state index in [9.17, 15) is 74.3 Å². The Morgan fingerprint density at radius 1 is 0.527 bits per heavy atom. The number of terminal acetylenes is 3. The fourth-order valence-electron chi connectivity index (χ4n) is 9.54. The second-order valence-electron chi connectivity index (χ2n) is 27.2. The van der Waals surface area contributed by atoms with Crippen LogP contribution in [-0.4, -0.2) is 136 Å². The van der Waals surface area contributed by atoms with Gasteiger partial charge in [0.25, 0.3) is 0 Å². The maximum absolute atomic E-state index is 12.8. The number of hydrogen-bond donors (Lipinski definition) is 9. The first-order valence-electron chi connectivity index (χ1n) is 37.3. The fraction of sp³-hybridized carbons (Fsp3) is 0.436. The van der Waals surface area contributed by atoms with Gasteiger partial charge in [-0.1, -0.05) is 199 Å². The van der Waals surface area contributed by atoms with Gasteiger partial charge in [0.2, 0.25) is 0 Å². The van der Waals surface area contributed by atoms with Crippen LogP contribution in [-0.2, 0) is 24.0 Å². The molecular weight excluding hydrogens is 1460 g/mol. The van der Waals surface area contributed by atoms with Crippen LogP contribution in [0.15, 0.2) is 176 Å². The maximum Gasteiger partial charge on any atom is 0.130 e. The van der Waals surface area contributed by atoms with Crippen molar-refractivity contribution in [1.82, 2.24) is 0 Å². The Hall–Kier alpha value is -9.20. The SMILES string of the molecule is C#CC[C@@H](O)/C=C/C=C/C#CCCCCC(C)=O.C#CC[C@@H](O)/C=C/C=C/C(C)=C\C(O)CCCC(C)=O.C#CC[C@@H](O)/C=C/C=C/[C@@H]1C[C@@H]1[C@@H](O)CCCC(C)=O.CC(=O)CC(C)(C)C[C@H](O)C#C/C=C/C=C/[C@H](O)COc1ccc(F)cc1.CC(=O)CCC[C@H](O)C#C/C=C/C=C/[C@H](O)CC#Cc1ccc(Cl)c(Cl)c1. The average molecular weight is 1580 g/mol. The maximum atomic E-state index is 12.8. The zero-order chi connectivity index (χ0) is 84.3. The molecule has 2 aromatic carbocycles. The lowest BCUT2D eigenvalue weighted by Crippen LogP contribution is -2.22. The summed E-state index contributed by atoms with van der Waals surface area (Å²) in [7, 11) is 0. The molecule has 0 aliphatic heterocycles. The summed E-state index contributed by atoms with van der Waals surface area (Å²) in [4.78, 5) is 54.2. The lowest BCUT2D eigenvalue weighted by molar-refractivity contribution is -0.119. The molecule has 0 amide bonds. The van der Waals surface area contributed by atoms with Gasteiger partial charge < -0.3 is 74.7 Å². The molecule has 1 aliphatic carbocycles. The van der Waals surface area contributed by atoms with E-state index in [0.717, 1.165) is 43.2 Å². The molecule has 0 bridgehead atoms. The molecule has 15 nitrogen and oxygen atoms in total. The lowest BCUT2D eigenvalue weighted by atomic mass is 9.82. The first kappa shape index (κ1) is 105. The van der Waals surface area contributed by atoms with E-state index in [1.807, 2.05) is 32.9 Å². The Balaban J connectivity index is 0. The Morgan fingerprint density at radius 2 is 1.00 bits per heavy atom. The van der Waals surface area contributed by atoms with Crippen LogP contribution in [0.3, 0.4) is 0 Å². The number of rotatable bonds is 41. The minimum Gasteiger partial charge on any atom is -0.491 e. The van der Waals surface area contributed by atoms with Gasteiger partial charge in [0.05, 0.1) is 46.7 Å². The third-order valence-corrected chi connectivity index (χ3v) is 16.0. The first-order valence-corrected chi connectivity index (χ1v) is 38.1. The highest BCUT2D eigenvalue weighted by molar-refractivity contribution is 6.42. The quantitative estimate of drug-likeness (QED) is 0.0170. The summed E-state index contributed by atoms with van der Waals surface area (Å²) in [5.74, 6) is 31.3. The summed E-state index contributed by atoms with van der Waals surface area (Å²) in [5, 5.41) is 87.8. The number of Topliss-reactive ketones (excluding diaryl/α,β-unsaturated/α-hetero) is 5. The Bertz CT molecular complexity index is 3850. The van der Waals surface area contributed by atoms with E-state index < -0.39 is 48.8 Å². The molecule has 0 heterocycles. The summed E-state index contributed by atoms with van der Waals surface area (Å²) in [6, 6.07) is 10.7. The molecule has 604 valence electrons. The molecule has 0 aromatic heterocycles. The lowest BCUT2D eigenvalue weighted by Gasteiger charge is -2.23. The van der Waals surface area contributed by atoms with Crippen LogP contribution < -0.4 is 4.74 Å². The van der Waals surface area contributed by atoms with Crippen LogP contribution in [0.4, 0.5) is 4.39 Å². The van der Waals surface area contributed by atoms with E-state index in [2.05, 4.69) is 71.2 Å². The van der Waals surface area contributed by atoms with Crippen LogP contribution in [0.1, 0.15) is 189 Å². The molecule has 112 heavy (non-hydrogen) atoms. The molecule has 1 unspecified atom stereocenters. The number of benzene rings is 2. The first-order chi connectivity index (χ1) is 53.2. The van der Waals surface area contributed by atoms with Crippen LogP contribution in [0.2, 0.25) is 10.0 Å². The molecule has 3 rings (SSSR count). The minimum atomic E-state index is -0.814. The van der Waals surface area contributed by atoms with Gasteiger partial charge in [0.15, 0.2) is 0 Å². The fourth-order valence-corrected chi connectivity index (χ4v) is 9.84. The zero-order valence-corrected chi connectivity index (χ0v) is 67.7. The molecule has 18 heteroatoms. The number of carbonyl (C=O) groups excluding carboxylic acids is 5. The number of allylic oxidation sites excluding steroid dienone is 16. The molecule has 9 N–H and O–H groups in total. The molecule has 0 radical (unpaired) electrons. The van der Waals surface area contributed by atoms with Crippen LogP contribution in [0, 0.1) is 107 Å². The van der Waals surface area contributed by atoms with Gasteiger partial charge in [-0.3, -0.25) is 0 Å². The second kappa shape index (κ2) is 67.5.